The maximum Gasteiger partial charge on any atom is 0.224 e. The van der Waals surface area contributed by atoms with Gasteiger partial charge in [0.05, 0.1) is 6.42 Å². The molecule has 1 aromatic carbocycles. The van der Waals surface area contributed by atoms with Gasteiger partial charge in [0.25, 0.3) is 0 Å². The summed E-state index contributed by atoms with van der Waals surface area (Å²) in [6.45, 7) is 3.01. The quantitative estimate of drug-likeness (QED) is 0.873. The van der Waals surface area contributed by atoms with Gasteiger partial charge in [-0.05, 0) is 37.9 Å². The van der Waals surface area contributed by atoms with Gasteiger partial charge in [0.15, 0.2) is 0 Å². The molecule has 2 N–H and O–H groups in total. The SMILES string of the molecule is CC(NC(=O)Cc1ccccc1F)C1CCCCN1. The maximum absolute atomic E-state index is 13.4. The van der Waals surface area contributed by atoms with Gasteiger partial charge in [-0.3, -0.25) is 4.79 Å². The highest BCUT2D eigenvalue weighted by Gasteiger charge is 2.21. The molecule has 1 saturated heterocycles. The molecule has 2 unspecified atom stereocenters. The van der Waals surface area contributed by atoms with E-state index in [9.17, 15) is 9.18 Å². The summed E-state index contributed by atoms with van der Waals surface area (Å²) in [5, 5.41) is 6.37. The Balaban J connectivity index is 1.85. The predicted octanol–water partition coefficient (Wildman–Crippen LogP) is 2.02. The van der Waals surface area contributed by atoms with Crippen molar-refractivity contribution >= 4 is 5.91 Å². The number of carbonyl (C=O) groups is 1. The van der Waals surface area contributed by atoms with Crippen molar-refractivity contribution in [2.24, 2.45) is 0 Å². The molecule has 2 rings (SSSR count). The second-order valence-corrected chi connectivity index (χ2v) is 5.18. The van der Waals surface area contributed by atoms with Crippen LogP contribution in [-0.4, -0.2) is 24.5 Å². The third kappa shape index (κ3) is 4.03. The average Bonchev–Trinajstić information content (AvgIpc) is 2.42. The van der Waals surface area contributed by atoms with E-state index in [2.05, 4.69) is 10.6 Å². The summed E-state index contributed by atoms with van der Waals surface area (Å²) in [5.74, 6) is -0.439. The van der Waals surface area contributed by atoms with Crippen LogP contribution in [0.3, 0.4) is 0 Å². The second-order valence-electron chi connectivity index (χ2n) is 5.18. The van der Waals surface area contributed by atoms with E-state index in [1.165, 1.54) is 18.9 Å². The zero-order chi connectivity index (χ0) is 13.7. The largest absolute Gasteiger partial charge is 0.352 e. The Morgan fingerprint density at radius 3 is 2.95 bits per heavy atom. The highest BCUT2D eigenvalue weighted by atomic mass is 19.1. The van der Waals surface area contributed by atoms with Gasteiger partial charge >= 0.3 is 0 Å². The zero-order valence-corrected chi connectivity index (χ0v) is 11.3. The number of hydrogen-bond acceptors (Lipinski definition) is 2. The molecular formula is C15H21FN2O. The van der Waals surface area contributed by atoms with Gasteiger partial charge in [-0.25, -0.2) is 4.39 Å². The number of piperidine rings is 1. The fourth-order valence-electron chi connectivity index (χ4n) is 2.53. The van der Waals surface area contributed by atoms with Crippen molar-refractivity contribution in [1.29, 1.82) is 0 Å². The van der Waals surface area contributed by atoms with Crippen LogP contribution in [0.2, 0.25) is 0 Å². The number of hydrogen-bond donors (Lipinski definition) is 2. The molecule has 19 heavy (non-hydrogen) atoms. The van der Waals surface area contributed by atoms with E-state index >= 15 is 0 Å². The molecule has 0 spiro atoms. The number of carbonyl (C=O) groups excluding carboxylic acids is 1. The van der Waals surface area contributed by atoms with E-state index in [4.69, 9.17) is 0 Å². The van der Waals surface area contributed by atoms with Crippen LogP contribution in [0.15, 0.2) is 24.3 Å². The minimum absolute atomic E-state index is 0.0829. The molecule has 1 heterocycles. The first-order valence-electron chi connectivity index (χ1n) is 6.93. The third-order valence-corrected chi connectivity index (χ3v) is 3.65. The normalized spacial score (nSPS) is 20.8. The predicted molar refractivity (Wildman–Crippen MR) is 73.4 cm³/mol. The van der Waals surface area contributed by atoms with Crippen molar-refractivity contribution in [2.45, 2.75) is 44.7 Å². The maximum atomic E-state index is 13.4. The summed E-state index contributed by atoms with van der Waals surface area (Å²) in [6.07, 6.45) is 3.59. The van der Waals surface area contributed by atoms with E-state index in [-0.39, 0.29) is 24.2 Å². The number of rotatable bonds is 4. The Bertz CT molecular complexity index is 430. The summed E-state index contributed by atoms with van der Waals surface area (Å²) < 4.78 is 13.4. The van der Waals surface area contributed by atoms with Crippen LogP contribution in [0.25, 0.3) is 0 Å². The molecule has 0 bridgehead atoms. The van der Waals surface area contributed by atoms with Gasteiger partial charge in [0, 0.05) is 12.1 Å². The monoisotopic (exact) mass is 264 g/mol. The van der Waals surface area contributed by atoms with E-state index in [1.807, 2.05) is 6.92 Å². The van der Waals surface area contributed by atoms with E-state index in [0.29, 0.717) is 11.6 Å². The summed E-state index contributed by atoms with van der Waals surface area (Å²) in [5.41, 5.74) is 0.448. The third-order valence-electron chi connectivity index (χ3n) is 3.65. The molecule has 1 aliphatic rings. The summed E-state index contributed by atoms with van der Waals surface area (Å²) in [6, 6.07) is 6.83. The minimum atomic E-state index is -0.318. The van der Waals surface area contributed by atoms with Crippen molar-refractivity contribution in [3.05, 3.63) is 35.6 Å². The lowest BCUT2D eigenvalue weighted by atomic mass is 9.99. The zero-order valence-electron chi connectivity index (χ0n) is 11.3. The number of benzene rings is 1. The van der Waals surface area contributed by atoms with Crippen molar-refractivity contribution in [3.63, 3.8) is 0 Å². The van der Waals surface area contributed by atoms with Crippen molar-refractivity contribution < 1.29 is 9.18 Å². The van der Waals surface area contributed by atoms with Gasteiger partial charge < -0.3 is 10.6 Å². The van der Waals surface area contributed by atoms with Crippen LogP contribution < -0.4 is 10.6 Å². The van der Waals surface area contributed by atoms with Crippen LogP contribution in [0.4, 0.5) is 4.39 Å². The smallest absolute Gasteiger partial charge is 0.224 e. The molecule has 1 aliphatic heterocycles. The fourth-order valence-corrected chi connectivity index (χ4v) is 2.53. The van der Waals surface area contributed by atoms with Crippen molar-refractivity contribution in [2.75, 3.05) is 6.54 Å². The van der Waals surface area contributed by atoms with Crippen LogP contribution in [-0.2, 0) is 11.2 Å². The van der Waals surface area contributed by atoms with Gasteiger partial charge in [-0.1, -0.05) is 24.6 Å². The Hall–Kier alpha value is -1.42. The van der Waals surface area contributed by atoms with Gasteiger partial charge in [0.1, 0.15) is 5.82 Å². The Kier molecular flexibility index (Phi) is 4.91. The van der Waals surface area contributed by atoms with Crippen molar-refractivity contribution in [1.82, 2.24) is 10.6 Å². The van der Waals surface area contributed by atoms with E-state index in [1.54, 1.807) is 18.2 Å². The first-order valence-corrected chi connectivity index (χ1v) is 6.93. The summed E-state index contributed by atoms with van der Waals surface area (Å²) in [7, 11) is 0. The Morgan fingerprint density at radius 1 is 1.47 bits per heavy atom. The lowest BCUT2D eigenvalue weighted by Gasteiger charge is -2.29. The minimum Gasteiger partial charge on any atom is -0.352 e. The average molecular weight is 264 g/mol. The number of nitrogens with one attached hydrogen (secondary N) is 2. The molecule has 1 aromatic rings. The standard InChI is InChI=1S/C15H21FN2O/c1-11(14-8-4-5-9-17-14)18-15(19)10-12-6-2-3-7-13(12)16/h2-3,6-7,11,14,17H,4-5,8-10H2,1H3,(H,18,19). The molecular weight excluding hydrogens is 243 g/mol. The lowest BCUT2D eigenvalue weighted by Crippen LogP contribution is -2.50. The number of halogens is 1. The molecule has 3 nitrogen and oxygen atoms in total. The molecule has 2 atom stereocenters. The van der Waals surface area contributed by atoms with E-state index < -0.39 is 0 Å². The number of amides is 1. The highest BCUT2D eigenvalue weighted by Crippen LogP contribution is 2.11. The molecule has 0 saturated carbocycles. The van der Waals surface area contributed by atoms with Gasteiger partial charge in [-0.15, -0.1) is 0 Å². The molecule has 4 heteroatoms. The second kappa shape index (κ2) is 6.66. The van der Waals surface area contributed by atoms with Crippen LogP contribution in [0.5, 0.6) is 0 Å². The topological polar surface area (TPSA) is 41.1 Å². The molecule has 1 amide bonds. The van der Waals surface area contributed by atoms with Crippen LogP contribution >= 0.6 is 0 Å². The molecule has 0 radical (unpaired) electrons. The lowest BCUT2D eigenvalue weighted by molar-refractivity contribution is -0.121. The van der Waals surface area contributed by atoms with Gasteiger partial charge in [0.2, 0.25) is 5.91 Å². The first kappa shape index (κ1) is 14.0. The molecule has 104 valence electrons. The van der Waals surface area contributed by atoms with Crippen LogP contribution in [0.1, 0.15) is 31.7 Å². The summed E-state index contributed by atoms with van der Waals surface area (Å²) >= 11 is 0. The molecule has 0 aromatic heterocycles. The molecule has 0 aliphatic carbocycles. The molecule has 1 fully saturated rings. The highest BCUT2D eigenvalue weighted by molar-refractivity contribution is 5.78. The van der Waals surface area contributed by atoms with E-state index in [0.717, 1.165) is 13.0 Å². The van der Waals surface area contributed by atoms with Gasteiger partial charge in [-0.2, -0.15) is 0 Å². The fraction of sp³-hybridized carbons (Fsp3) is 0.533. The summed E-state index contributed by atoms with van der Waals surface area (Å²) in [4.78, 5) is 11.9. The van der Waals surface area contributed by atoms with Crippen LogP contribution in [0, 0.1) is 5.82 Å². The van der Waals surface area contributed by atoms with Crippen molar-refractivity contribution in [3.8, 4) is 0 Å². The Labute approximate surface area is 113 Å². The Morgan fingerprint density at radius 2 is 2.26 bits per heavy atom. The first-order chi connectivity index (χ1) is 9.16.